The van der Waals surface area contributed by atoms with E-state index < -0.39 is 6.04 Å². The molecule has 2 atom stereocenters. The summed E-state index contributed by atoms with van der Waals surface area (Å²) >= 11 is 0. The van der Waals surface area contributed by atoms with Crippen LogP contribution < -0.4 is 11.1 Å². The van der Waals surface area contributed by atoms with Crippen molar-refractivity contribution >= 4 is 5.91 Å². The van der Waals surface area contributed by atoms with Gasteiger partial charge < -0.3 is 11.1 Å². The molecule has 0 bridgehead atoms. The van der Waals surface area contributed by atoms with Crippen molar-refractivity contribution in [2.24, 2.45) is 11.7 Å². The minimum absolute atomic E-state index is 0.210. The van der Waals surface area contributed by atoms with Crippen molar-refractivity contribution in [3.05, 3.63) is 71.3 Å². The molecule has 0 saturated heterocycles. The van der Waals surface area contributed by atoms with Crippen molar-refractivity contribution in [2.75, 3.05) is 0 Å². The average molecular weight is 318 g/mol. The molecule has 5 heteroatoms. The quantitative estimate of drug-likeness (QED) is 0.890. The van der Waals surface area contributed by atoms with E-state index in [-0.39, 0.29) is 29.5 Å². The van der Waals surface area contributed by atoms with E-state index in [2.05, 4.69) is 5.32 Å². The minimum atomic E-state index is -0.495. The van der Waals surface area contributed by atoms with Crippen LogP contribution in [0.15, 0.2) is 48.5 Å². The molecule has 23 heavy (non-hydrogen) atoms. The molecule has 0 fully saturated rings. The van der Waals surface area contributed by atoms with Crippen LogP contribution in [-0.2, 0) is 4.79 Å². The van der Waals surface area contributed by atoms with Crippen LogP contribution in [0, 0.1) is 17.6 Å². The summed E-state index contributed by atoms with van der Waals surface area (Å²) in [6, 6.07) is 10.9. The fourth-order valence-corrected chi connectivity index (χ4v) is 2.18. The van der Waals surface area contributed by atoms with E-state index in [1.807, 2.05) is 0 Å². The van der Waals surface area contributed by atoms with Crippen LogP contribution in [0.2, 0.25) is 0 Å². The van der Waals surface area contributed by atoms with Gasteiger partial charge in [0.25, 0.3) is 0 Å². The molecule has 1 amide bonds. The largest absolute Gasteiger partial charge is 0.345 e. The number of hydrogen-bond donors (Lipinski definition) is 2. The van der Waals surface area contributed by atoms with Gasteiger partial charge in [-0.3, -0.25) is 4.79 Å². The Balaban J connectivity index is 2.33. The summed E-state index contributed by atoms with van der Waals surface area (Å²) in [4.78, 5) is 12.3. The van der Waals surface area contributed by atoms with Crippen LogP contribution in [0.5, 0.6) is 0 Å². The first kappa shape index (κ1) is 17.1. The van der Waals surface area contributed by atoms with Gasteiger partial charge in [-0.1, -0.05) is 31.2 Å². The Morgan fingerprint density at radius 2 is 1.30 bits per heavy atom. The second-order valence-electron chi connectivity index (χ2n) is 5.69. The van der Waals surface area contributed by atoms with Gasteiger partial charge in [-0.25, -0.2) is 8.78 Å². The highest BCUT2D eigenvalue weighted by Crippen LogP contribution is 2.23. The molecule has 0 aliphatic carbocycles. The first-order valence-corrected chi connectivity index (χ1v) is 7.45. The maximum absolute atomic E-state index is 13.1. The zero-order chi connectivity index (χ0) is 17.0. The van der Waals surface area contributed by atoms with E-state index in [4.69, 9.17) is 5.73 Å². The topological polar surface area (TPSA) is 55.1 Å². The smallest absolute Gasteiger partial charge is 0.225 e. The maximum Gasteiger partial charge on any atom is 0.225 e. The Kier molecular flexibility index (Phi) is 5.45. The molecule has 2 unspecified atom stereocenters. The third-order valence-corrected chi connectivity index (χ3v) is 3.90. The lowest BCUT2D eigenvalue weighted by atomic mass is 9.96. The fourth-order valence-electron chi connectivity index (χ4n) is 2.18. The number of halogens is 2. The van der Waals surface area contributed by atoms with E-state index in [1.165, 1.54) is 24.3 Å². The molecule has 122 valence electrons. The van der Waals surface area contributed by atoms with Gasteiger partial charge >= 0.3 is 0 Å². The average Bonchev–Trinajstić information content (AvgIpc) is 2.53. The summed E-state index contributed by atoms with van der Waals surface area (Å²) in [5, 5.41) is 2.91. The monoisotopic (exact) mass is 318 g/mol. The summed E-state index contributed by atoms with van der Waals surface area (Å²) in [7, 11) is 0. The van der Waals surface area contributed by atoms with Crippen LogP contribution >= 0.6 is 0 Å². The van der Waals surface area contributed by atoms with Crippen molar-refractivity contribution < 1.29 is 13.6 Å². The molecule has 0 saturated carbocycles. The Morgan fingerprint density at radius 1 is 0.913 bits per heavy atom. The zero-order valence-corrected chi connectivity index (χ0v) is 13.1. The molecule has 0 aromatic heterocycles. The number of amides is 1. The highest BCUT2D eigenvalue weighted by atomic mass is 19.1. The van der Waals surface area contributed by atoms with Crippen LogP contribution in [0.4, 0.5) is 8.78 Å². The Hall–Kier alpha value is -2.27. The highest BCUT2D eigenvalue weighted by Gasteiger charge is 2.22. The van der Waals surface area contributed by atoms with E-state index in [1.54, 1.807) is 38.1 Å². The van der Waals surface area contributed by atoms with Gasteiger partial charge in [-0.15, -0.1) is 0 Å². The zero-order valence-electron chi connectivity index (χ0n) is 13.1. The summed E-state index contributed by atoms with van der Waals surface area (Å²) in [5.74, 6) is -1.30. The Morgan fingerprint density at radius 3 is 1.65 bits per heavy atom. The van der Waals surface area contributed by atoms with Crippen LogP contribution in [0.25, 0.3) is 0 Å². The number of carbonyl (C=O) groups excluding carboxylic acids is 1. The Bertz CT molecular complexity index is 608. The van der Waals surface area contributed by atoms with E-state index in [0.717, 1.165) is 0 Å². The number of carbonyl (C=O) groups is 1. The van der Waals surface area contributed by atoms with Gasteiger partial charge in [0.2, 0.25) is 5.91 Å². The molecular formula is C18H20F2N2O. The predicted molar refractivity (Wildman–Crippen MR) is 85.6 cm³/mol. The van der Waals surface area contributed by atoms with Crippen molar-refractivity contribution in [1.82, 2.24) is 5.32 Å². The highest BCUT2D eigenvalue weighted by molar-refractivity contribution is 5.79. The van der Waals surface area contributed by atoms with Crippen molar-refractivity contribution in [3.8, 4) is 0 Å². The summed E-state index contributed by atoms with van der Waals surface area (Å²) in [6.07, 6.45) is 0. The lowest BCUT2D eigenvalue weighted by molar-refractivity contribution is -0.125. The van der Waals surface area contributed by atoms with Crippen LogP contribution in [0.1, 0.15) is 31.0 Å². The third kappa shape index (κ3) is 4.36. The predicted octanol–water partition coefficient (Wildman–Crippen LogP) is 3.15. The van der Waals surface area contributed by atoms with Crippen molar-refractivity contribution in [3.63, 3.8) is 0 Å². The number of nitrogens with one attached hydrogen (secondary N) is 1. The normalized spacial score (nSPS) is 13.7. The minimum Gasteiger partial charge on any atom is -0.345 e. The molecule has 0 heterocycles. The number of rotatable bonds is 5. The molecule has 3 N–H and O–H groups in total. The maximum atomic E-state index is 13.1. The lowest BCUT2D eigenvalue weighted by Crippen LogP contribution is -2.40. The van der Waals surface area contributed by atoms with Gasteiger partial charge in [-0.2, -0.15) is 0 Å². The molecule has 3 nitrogen and oxygen atoms in total. The van der Waals surface area contributed by atoms with Crippen molar-refractivity contribution in [2.45, 2.75) is 25.9 Å². The first-order valence-electron chi connectivity index (χ1n) is 7.45. The Labute approximate surface area is 134 Å². The van der Waals surface area contributed by atoms with Crippen LogP contribution in [-0.4, -0.2) is 11.9 Å². The lowest BCUT2D eigenvalue weighted by Gasteiger charge is -2.23. The SMILES string of the molecule is CC(N)C(C)C(=O)NC(c1ccc(F)cc1)c1ccc(F)cc1. The standard InChI is InChI=1S/C18H20F2N2O/c1-11(12(2)21)18(23)22-17(13-3-7-15(19)8-4-13)14-5-9-16(20)10-6-14/h3-12,17H,21H2,1-2H3,(H,22,23). The van der Waals surface area contributed by atoms with E-state index in [0.29, 0.717) is 11.1 Å². The molecule has 2 aromatic rings. The molecule has 0 spiro atoms. The van der Waals surface area contributed by atoms with Crippen LogP contribution in [0.3, 0.4) is 0 Å². The van der Waals surface area contributed by atoms with Gasteiger partial charge in [-0.05, 0) is 42.3 Å². The third-order valence-electron chi connectivity index (χ3n) is 3.90. The number of nitrogens with two attached hydrogens (primary N) is 1. The summed E-state index contributed by atoms with van der Waals surface area (Å²) in [5.41, 5.74) is 7.19. The van der Waals surface area contributed by atoms with Gasteiger partial charge in [0.05, 0.1) is 6.04 Å². The number of benzene rings is 2. The summed E-state index contributed by atoms with van der Waals surface area (Å²) in [6.45, 7) is 3.50. The second kappa shape index (κ2) is 7.33. The molecule has 2 rings (SSSR count). The van der Waals surface area contributed by atoms with Gasteiger partial charge in [0.15, 0.2) is 0 Å². The fraction of sp³-hybridized carbons (Fsp3) is 0.278. The van der Waals surface area contributed by atoms with Gasteiger partial charge in [0.1, 0.15) is 11.6 Å². The molecule has 0 radical (unpaired) electrons. The molecule has 0 aliphatic heterocycles. The first-order chi connectivity index (χ1) is 10.9. The molecule has 2 aromatic carbocycles. The molecular weight excluding hydrogens is 298 g/mol. The van der Waals surface area contributed by atoms with E-state index >= 15 is 0 Å². The van der Waals surface area contributed by atoms with Gasteiger partial charge in [0, 0.05) is 12.0 Å². The molecule has 0 aliphatic rings. The van der Waals surface area contributed by atoms with Crippen molar-refractivity contribution in [1.29, 1.82) is 0 Å². The summed E-state index contributed by atoms with van der Waals surface area (Å²) < 4.78 is 26.3. The second-order valence-corrected chi connectivity index (χ2v) is 5.69. The van der Waals surface area contributed by atoms with E-state index in [9.17, 15) is 13.6 Å². The number of hydrogen-bond acceptors (Lipinski definition) is 2.